The molecular weight excluding hydrogens is 448 g/mol. The fraction of sp³-hybridized carbons (Fsp3) is 0.208. The second-order valence-corrected chi connectivity index (χ2v) is 7.93. The molecule has 1 amide bonds. The molecule has 33 heavy (non-hydrogen) atoms. The van der Waals surface area contributed by atoms with E-state index in [1.165, 1.54) is 31.3 Å². The minimum atomic E-state index is -0.845. The topological polar surface area (TPSA) is 91.1 Å². The molecule has 4 rings (SSSR count). The molecule has 2 atom stereocenters. The van der Waals surface area contributed by atoms with E-state index in [1.54, 1.807) is 42.5 Å². The van der Waals surface area contributed by atoms with Gasteiger partial charge in [-0.15, -0.1) is 0 Å². The number of carbonyl (C=O) groups excluding carboxylic acids is 1. The van der Waals surface area contributed by atoms with E-state index in [0.717, 1.165) is 11.1 Å². The van der Waals surface area contributed by atoms with Crippen molar-refractivity contribution < 1.29 is 23.9 Å². The number of amides is 1. The van der Waals surface area contributed by atoms with Crippen LogP contribution in [0.2, 0.25) is 5.02 Å². The van der Waals surface area contributed by atoms with E-state index in [0.29, 0.717) is 28.0 Å². The molecule has 8 nitrogen and oxygen atoms in total. The average Bonchev–Trinajstić information content (AvgIpc) is 2.81. The molecule has 0 saturated carbocycles. The third kappa shape index (κ3) is 4.17. The Morgan fingerprint density at radius 2 is 1.70 bits per heavy atom. The number of β-lactam (4-membered cyclic amide) rings is 1. The van der Waals surface area contributed by atoms with E-state index in [1.807, 2.05) is 13.0 Å². The zero-order valence-electron chi connectivity index (χ0n) is 18.2. The number of halogens is 1. The average molecular weight is 469 g/mol. The predicted octanol–water partition coefficient (Wildman–Crippen LogP) is 5.11. The Morgan fingerprint density at radius 1 is 0.970 bits per heavy atom. The number of nitro benzene ring substituents is 1. The molecule has 1 aliphatic heterocycles. The summed E-state index contributed by atoms with van der Waals surface area (Å²) < 4.78 is 16.9. The van der Waals surface area contributed by atoms with E-state index in [2.05, 4.69) is 0 Å². The van der Waals surface area contributed by atoms with Gasteiger partial charge in [0.15, 0.2) is 11.5 Å². The van der Waals surface area contributed by atoms with Crippen LogP contribution in [0.1, 0.15) is 17.2 Å². The number of hydrogen-bond donors (Lipinski definition) is 0. The molecule has 0 aliphatic carbocycles. The van der Waals surface area contributed by atoms with Gasteiger partial charge in [0.25, 0.3) is 11.6 Å². The number of rotatable bonds is 7. The number of methoxy groups -OCH3 is 2. The number of hydrogen-bond acceptors (Lipinski definition) is 6. The third-order valence-corrected chi connectivity index (χ3v) is 5.74. The Labute approximate surface area is 195 Å². The summed E-state index contributed by atoms with van der Waals surface area (Å²) in [5.74, 6) is 1.25. The zero-order valence-corrected chi connectivity index (χ0v) is 18.9. The SMILES string of the molecule is COc1ccc([C@H]2[C@H](Oc3ccc(Cl)cc3C)C(=O)N2c2cccc([N+](=O)[O-])c2)cc1OC. The van der Waals surface area contributed by atoms with Crippen LogP contribution in [0.4, 0.5) is 11.4 Å². The van der Waals surface area contributed by atoms with Gasteiger partial charge in [-0.3, -0.25) is 19.8 Å². The first-order chi connectivity index (χ1) is 15.8. The maximum atomic E-state index is 13.2. The quantitative estimate of drug-likeness (QED) is 0.272. The van der Waals surface area contributed by atoms with E-state index < -0.39 is 17.1 Å². The van der Waals surface area contributed by atoms with Crippen molar-refractivity contribution in [3.8, 4) is 17.2 Å². The molecule has 0 N–H and O–H groups in total. The molecule has 9 heteroatoms. The van der Waals surface area contributed by atoms with Crippen molar-refractivity contribution in [2.24, 2.45) is 0 Å². The highest BCUT2D eigenvalue weighted by atomic mass is 35.5. The van der Waals surface area contributed by atoms with Gasteiger partial charge in [0.1, 0.15) is 11.8 Å². The summed E-state index contributed by atoms with van der Waals surface area (Å²) in [6, 6.07) is 15.9. The van der Waals surface area contributed by atoms with Crippen LogP contribution in [0.5, 0.6) is 17.2 Å². The molecule has 0 aromatic heterocycles. The summed E-state index contributed by atoms with van der Waals surface area (Å²) in [6.45, 7) is 1.84. The van der Waals surface area contributed by atoms with E-state index in [-0.39, 0.29) is 11.6 Å². The van der Waals surface area contributed by atoms with Crippen molar-refractivity contribution in [2.45, 2.75) is 19.1 Å². The Hall–Kier alpha value is -3.78. The molecule has 0 unspecified atom stereocenters. The molecule has 3 aromatic rings. The third-order valence-electron chi connectivity index (χ3n) is 5.50. The molecule has 170 valence electrons. The van der Waals surface area contributed by atoms with Crippen LogP contribution in [0.15, 0.2) is 60.7 Å². The van der Waals surface area contributed by atoms with Gasteiger partial charge in [-0.2, -0.15) is 0 Å². The molecule has 0 bridgehead atoms. The number of benzene rings is 3. The zero-order chi connectivity index (χ0) is 23.7. The number of aryl methyl sites for hydroxylation is 1. The van der Waals surface area contributed by atoms with Crippen LogP contribution < -0.4 is 19.1 Å². The van der Waals surface area contributed by atoms with Gasteiger partial charge in [0.05, 0.1) is 24.8 Å². The van der Waals surface area contributed by atoms with Crippen molar-refractivity contribution in [1.29, 1.82) is 0 Å². The Balaban J connectivity index is 1.76. The molecule has 1 aliphatic rings. The van der Waals surface area contributed by atoms with Crippen LogP contribution in [0, 0.1) is 17.0 Å². The van der Waals surface area contributed by atoms with Gasteiger partial charge < -0.3 is 14.2 Å². The minimum Gasteiger partial charge on any atom is -0.493 e. The summed E-state index contributed by atoms with van der Waals surface area (Å²) in [6.07, 6.45) is -0.845. The first-order valence-electron chi connectivity index (χ1n) is 10.1. The lowest BCUT2D eigenvalue weighted by Crippen LogP contribution is -2.61. The second-order valence-electron chi connectivity index (χ2n) is 7.49. The lowest BCUT2D eigenvalue weighted by molar-refractivity contribution is -0.384. The maximum absolute atomic E-state index is 13.2. The fourth-order valence-corrected chi connectivity index (χ4v) is 4.09. The second kappa shape index (κ2) is 8.99. The number of ether oxygens (including phenoxy) is 3. The standard InChI is InChI=1S/C24H21ClN2O6/c1-14-11-16(25)8-10-19(14)33-23-22(15-7-9-20(31-2)21(12-15)32-3)26(24(23)28)17-5-4-6-18(13-17)27(29)30/h4-13,22-23H,1-3H3/t22-,23-/m0/s1. The van der Waals surface area contributed by atoms with Crippen LogP contribution in [-0.4, -0.2) is 31.2 Å². The van der Waals surface area contributed by atoms with Crippen LogP contribution >= 0.6 is 11.6 Å². The normalized spacial score (nSPS) is 17.3. The van der Waals surface area contributed by atoms with Gasteiger partial charge in [-0.25, -0.2) is 0 Å². The van der Waals surface area contributed by atoms with Crippen molar-refractivity contribution in [2.75, 3.05) is 19.1 Å². The van der Waals surface area contributed by atoms with Crippen molar-refractivity contribution in [3.63, 3.8) is 0 Å². The molecular formula is C24H21ClN2O6. The largest absolute Gasteiger partial charge is 0.493 e. The lowest BCUT2D eigenvalue weighted by atomic mass is 9.89. The first-order valence-corrected chi connectivity index (χ1v) is 10.4. The Morgan fingerprint density at radius 3 is 2.36 bits per heavy atom. The van der Waals surface area contributed by atoms with Gasteiger partial charge in [-0.05, 0) is 54.4 Å². The first kappa shape index (κ1) is 22.4. The highest BCUT2D eigenvalue weighted by Crippen LogP contribution is 2.44. The smallest absolute Gasteiger partial charge is 0.271 e. The molecule has 3 aromatic carbocycles. The highest BCUT2D eigenvalue weighted by Gasteiger charge is 2.51. The fourth-order valence-electron chi connectivity index (χ4n) is 3.86. The lowest BCUT2D eigenvalue weighted by Gasteiger charge is -2.46. The van der Waals surface area contributed by atoms with E-state index in [4.69, 9.17) is 25.8 Å². The Kier molecular flexibility index (Phi) is 6.11. The number of anilines is 1. The summed E-state index contributed by atoms with van der Waals surface area (Å²) in [5.41, 5.74) is 1.82. The van der Waals surface area contributed by atoms with Gasteiger partial charge >= 0.3 is 0 Å². The van der Waals surface area contributed by atoms with Crippen molar-refractivity contribution in [1.82, 2.24) is 0 Å². The number of carbonyl (C=O) groups is 1. The summed E-state index contributed by atoms with van der Waals surface area (Å²) in [7, 11) is 3.06. The number of nitro groups is 1. The predicted molar refractivity (Wildman–Crippen MR) is 123 cm³/mol. The summed E-state index contributed by atoms with van der Waals surface area (Å²) >= 11 is 6.05. The van der Waals surface area contributed by atoms with Gasteiger partial charge in [-0.1, -0.05) is 23.7 Å². The minimum absolute atomic E-state index is 0.107. The molecule has 1 fully saturated rings. The monoisotopic (exact) mass is 468 g/mol. The van der Waals surface area contributed by atoms with Crippen molar-refractivity contribution >= 4 is 28.9 Å². The molecule has 1 saturated heterocycles. The Bertz CT molecular complexity index is 1230. The molecule has 1 heterocycles. The van der Waals surface area contributed by atoms with Crippen LogP contribution in [0.3, 0.4) is 0 Å². The molecule has 0 radical (unpaired) electrons. The summed E-state index contributed by atoms with van der Waals surface area (Å²) in [5, 5.41) is 11.8. The number of nitrogens with zero attached hydrogens (tertiary/aromatic N) is 2. The van der Waals surface area contributed by atoms with Crippen LogP contribution in [-0.2, 0) is 4.79 Å². The van der Waals surface area contributed by atoms with Gasteiger partial charge in [0, 0.05) is 17.2 Å². The van der Waals surface area contributed by atoms with E-state index >= 15 is 0 Å². The van der Waals surface area contributed by atoms with E-state index in [9.17, 15) is 14.9 Å². The highest BCUT2D eigenvalue weighted by molar-refractivity contribution is 6.30. The molecule has 0 spiro atoms. The number of non-ortho nitro benzene ring substituents is 1. The van der Waals surface area contributed by atoms with Crippen LogP contribution in [0.25, 0.3) is 0 Å². The van der Waals surface area contributed by atoms with Gasteiger partial charge in [0.2, 0.25) is 6.10 Å². The summed E-state index contributed by atoms with van der Waals surface area (Å²) in [4.78, 5) is 25.5. The van der Waals surface area contributed by atoms with Crippen molar-refractivity contribution in [3.05, 3.63) is 86.9 Å². The maximum Gasteiger partial charge on any atom is 0.271 e.